The molecule has 1 N–H and O–H groups in total. The van der Waals surface area contributed by atoms with Crippen molar-refractivity contribution in [3.63, 3.8) is 0 Å². The highest BCUT2D eigenvalue weighted by atomic mass is 31.2. The number of hydrogen-bond acceptors (Lipinski definition) is 4. The van der Waals surface area contributed by atoms with Gasteiger partial charge in [-0.15, -0.1) is 0 Å². The summed E-state index contributed by atoms with van der Waals surface area (Å²) in [5.41, 5.74) is -0.156. The van der Waals surface area contributed by atoms with Crippen LogP contribution in [0.2, 0.25) is 0 Å². The van der Waals surface area contributed by atoms with Crippen LogP contribution in [-0.2, 0) is 14.1 Å². The van der Waals surface area contributed by atoms with Gasteiger partial charge in [-0.1, -0.05) is 12.7 Å². The van der Waals surface area contributed by atoms with Crippen molar-refractivity contribution in [2.75, 3.05) is 26.5 Å². The maximum atomic E-state index is 12.0. The zero-order valence-electron chi connectivity index (χ0n) is 11.2. The van der Waals surface area contributed by atoms with E-state index in [0.29, 0.717) is 6.42 Å². The van der Waals surface area contributed by atoms with Gasteiger partial charge in [0.1, 0.15) is 12.6 Å². The molecule has 6 nitrogen and oxygen atoms in total. The number of hydrogen-bond donors (Lipinski definition) is 1. The lowest BCUT2D eigenvalue weighted by atomic mass is 10.0. The number of aliphatic carboxylic acids is 1. The van der Waals surface area contributed by atoms with E-state index in [2.05, 4.69) is 6.58 Å². The van der Waals surface area contributed by atoms with E-state index < -0.39 is 25.2 Å². The van der Waals surface area contributed by atoms with Gasteiger partial charge in [-0.3, -0.25) is 4.90 Å². The topological polar surface area (TPSA) is 83.9 Å². The molecule has 0 unspecified atom stereocenters. The summed E-state index contributed by atoms with van der Waals surface area (Å²) in [6, 6.07) is -0.968. The molecule has 0 bridgehead atoms. The Kier molecular flexibility index (Phi) is 5.18. The van der Waals surface area contributed by atoms with Gasteiger partial charge in [-0.05, 0) is 26.2 Å². The third-order valence-electron chi connectivity index (χ3n) is 3.30. The van der Waals surface area contributed by atoms with Gasteiger partial charge < -0.3 is 14.4 Å². The van der Waals surface area contributed by atoms with Gasteiger partial charge in [0, 0.05) is 12.2 Å². The van der Waals surface area contributed by atoms with E-state index in [0.717, 1.165) is 0 Å². The summed E-state index contributed by atoms with van der Waals surface area (Å²) < 4.78 is 16.9. The largest absolute Gasteiger partial charge is 0.480 e. The first-order valence-electron chi connectivity index (χ1n) is 6.09. The molecule has 108 valence electrons. The van der Waals surface area contributed by atoms with E-state index in [9.17, 15) is 19.3 Å². The molecule has 19 heavy (non-hydrogen) atoms. The van der Waals surface area contributed by atoms with E-state index in [1.807, 2.05) is 0 Å². The normalized spacial score (nSPS) is 23.8. The molecule has 0 saturated carbocycles. The van der Waals surface area contributed by atoms with Crippen LogP contribution in [0.3, 0.4) is 0 Å². The van der Waals surface area contributed by atoms with Gasteiger partial charge in [0.25, 0.3) is 0 Å². The molecule has 0 aromatic carbocycles. The highest BCUT2D eigenvalue weighted by molar-refractivity contribution is 7.63. The molecule has 1 fully saturated rings. The van der Waals surface area contributed by atoms with Gasteiger partial charge in [0.15, 0.2) is 0 Å². The summed E-state index contributed by atoms with van der Waals surface area (Å²) in [4.78, 5) is 24.2. The summed E-state index contributed by atoms with van der Waals surface area (Å²) in [5, 5.41) is 9.21. The van der Waals surface area contributed by atoms with Gasteiger partial charge >= 0.3 is 12.1 Å². The molecule has 7 heteroatoms. The molecule has 0 aliphatic carbocycles. The Labute approximate surface area is 112 Å². The van der Waals surface area contributed by atoms with Crippen LogP contribution >= 0.6 is 7.14 Å². The number of rotatable bonds is 4. The fraction of sp³-hybridized carbons (Fsp3) is 0.667. The molecule has 1 saturated heterocycles. The minimum absolute atomic E-state index is 0.0468. The second-order valence-electron chi connectivity index (χ2n) is 5.03. The Morgan fingerprint density at radius 3 is 2.63 bits per heavy atom. The number of likely N-dealkylation sites (tertiary alicyclic amines) is 1. The van der Waals surface area contributed by atoms with E-state index in [1.54, 1.807) is 13.3 Å². The summed E-state index contributed by atoms with van der Waals surface area (Å²) >= 11 is 0. The summed E-state index contributed by atoms with van der Waals surface area (Å²) in [5.74, 6) is -1.09. The van der Waals surface area contributed by atoms with Gasteiger partial charge in [0.05, 0.1) is 7.14 Å². The van der Waals surface area contributed by atoms with Crippen LogP contribution in [0.5, 0.6) is 0 Å². The number of nitrogens with zero attached hydrogens (tertiary/aromatic N) is 1. The van der Waals surface area contributed by atoms with E-state index in [-0.39, 0.29) is 25.2 Å². The highest BCUT2D eigenvalue weighted by Gasteiger charge is 2.40. The van der Waals surface area contributed by atoms with Crippen molar-refractivity contribution in [3.8, 4) is 0 Å². The molecule has 0 aromatic rings. The Hall–Kier alpha value is -1.29. The smallest absolute Gasteiger partial charge is 0.410 e. The third-order valence-corrected chi connectivity index (χ3v) is 5.53. The zero-order valence-corrected chi connectivity index (χ0v) is 12.1. The van der Waals surface area contributed by atoms with Crippen LogP contribution in [0.15, 0.2) is 12.7 Å². The van der Waals surface area contributed by atoms with E-state index in [1.165, 1.54) is 11.0 Å². The number of carbonyl (C=O) groups is 2. The quantitative estimate of drug-likeness (QED) is 0.630. The monoisotopic (exact) mass is 289 g/mol. The molecule has 1 amide bonds. The zero-order chi connectivity index (χ0) is 14.6. The molecule has 2 atom stereocenters. The second-order valence-corrected chi connectivity index (χ2v) is 8.62. The number of piperidine rings is 1. The molecule has 1 heterocycles. The van der Waals surface area contributed by atoms with Crippen LogP contribution in [-0.4, -0.2) is 60.3 Å². The fourth-order valence-electron chi connectivity index (χ4n) is 2.18. The van der Waals surface area contributed by atoms with Gasteiger partial charge in [-0.25, -0.2) is 9.59 Å². The maximum absolute atomic E-state index is 12.0. The Balaban J connectivity index is 2.79. The van der Waals surface area contributed by atoms with E-state index in [4.69, 9.17) is 4.74 Å². The number of ether oxygens (including phenoxy) is 1. The molecular weight excluding hydrogens is 269 g/mol. The maximum Gasteiger partial charge on any atom is 0.410 e. The van der Waals surface area contributed by atoms with Crippen LogP contribution in [0, 0.1) is 0 Å². The molecule has 1 rings (SSSR count). The molecule has 1 aliphatic heterocycles. The average molecular weight is 289 g/mol. The second kappa shape index (κ2) is 6.24. The predicted octanol–water partition coefficient (Wildman–Crippen LogP) is 1.85. The number of carboxylic acids is 1. The third kappa shape index (κ3) is 4.10. The Bertz CT molecular complexity index is 416. The van der Waals surface area contributed by atoms with Crippen LogP contribution in [0.4, 0.5) is 4.79 Å². The minimum atomic E-state index is -2.35. The van der Waals surface area contributed by atoms with Crippen molar-refractivity contribution >= 4 is 19.2 Å². The van der Waals surface area contributed by atoms with Crippen molar-refractivity contribution in [2.24, 2.45) is 0 Å². The van der Waals surface area contributed by atoms with Crippen LogP contribution < -0.4 is 0 Å². The van der Waals surface area contributed by atoms with Crippen molar-refractivity contribution in [3.05, 3.63) is 12.7 Å². The Morgan fingerprint density at radius 2 is 2.16 bits per heavy atom. The molecule has 1 aliphatic rings. The van der Waals surface area contributed by atoms with Crippen molar-refractivity contribution in [1.82, 2.24) is 4.90 Å². The predicted molar refractivity (Wildman–Crippen MR) is 72.2 cm³/mol. The average Bonchev–Trinajstić information content (AvgIpc) is 2.34. The first-order valence-corrected chi connectivity index (χ1v) is 8.76. The van der Waals surface area contributed by atoms with E-state index >= 15 is 0 Å². The highest BCUT2D eigenvalue weighted by Crippen LogP contribution is 2.48. The van der Waals surface area contributed by atoms with Crippen LogP contribution in [0.25, 0.3) is 0 Å². The lowest BCUT2D eigenvalue weighted by molar-refractivity contribution is -0.143. The first kappa shape index (κ1) is 15.8. The van der Waals surface area contributed by atoms with Gasteiger partial charge in [-0.2, -0.15) is 0 Å². The minimum Gasteiger partial charge on any atom is -0.480 e. The molecule has 0 radical (unpaired) electrons. The van der Waals surface area contributed by atoms with Gasteiger partial charge in [0.2, 0.25) is 0 Å². The molecule has 0 spiro atoms. The number of carboxylic acid groups (broad SMARTS) is 1. The van der Waals surface area contributed by atoms with Crippen molar-refractivity contribution in [2.45, 2.75) is 24.5 Å². The Morgan fingerprint density at radius 1 is 1.53 bits per heavy atom. The first-order chi connectivity index (χ1) is 8.77. The standard InChI is InChI=1S/C12H20NO5P/c1-4-7-18-12(16)13-6-5-9(19(2,3)17)8-10(13)11(14)15/h4,9-10H,1,5-8H2,2-3H3,(H,14,15)/t9-,10+/m1/s1. The lowest BCUT2D eigenvalue weighted by Crippen LogP contribution is -2.51. The summed E-state index contributed by atoms with van der Waals surface area (Å²) in [6.07, 6.45) is 1.51. The fourth-order valence-corrected chi connectivity index (χ4v) is 3.62. The number of amides is 1. The summed E-state index contributed by atoms with van der Waals surface area (Å²) in [7, 11) is -2.35. The molecular formula is C12H20NO5P. The number of carbonyl (C=O) groups excluding carboxylic acids is 1. The molecule has 0 aromatic heterocycles. The van der Waals surface area contributed by atoms with Crippen molar-refractivity contribution in [1.29, 1.82) is 0 Å². The van der Waals surface area contributed by atoms with Crippen molar-refractivity contribution < 1.29 is 24.0 Å². The lowest BCUT2D eigenvalue weighted by Gasteiger charge is -2.37. The SMILES string of the molecule is C=CCOC(=O)N1CC[C@@H](P(C)(C)=O)C[C@H]1C(=O)O. The van der Waals surface area contributed by atoms with Crippen LogP contribution in [0.1, 0.15) is 12.8 Å². The summed E-state index contributed by atoms with van der Waals surface area (Å²) in [6.45, 7) is 7.04.